The minimum absolute atomic E-state index is 0.0223. The summed E-state index contributed by atoms with van der Waals surface area (Å²) in [5.41, 5.74) is 3.20. The summed E-state index contributed by atoms with van der Waals surface area (Å²) in [4.78, 5) is 31.8. The van der Waals surface area contributed by atoms with E-state index in [1.165, 1.54) is 16.5 Å². The fourth-order valence-corrected chi connectivity index (χ4v) is 5.16. The van der Waals surface area contributed by atoms with Crippen molar-refractivity contribution in [2.24, 2.45) is 0 Å². The maximum atomic E-state index is 13.1. The Morgan fingerprint density at radius 2 is 2.11 bits per heavy atom. The monoisotopic (exact) mass is 378 g/mol. The second-order valence-electron chi connectivity index (χ2n) is 6.99. The van der Waals surface area contributed by atoms with Crippen LogP contribution in [0.5, 0.6) is 0 Å². The van der Waals surface area contributed by atoms with Crippen LogP contribution in [0.1, 0.15) is 34.9 Å². The summed E-state index contributed by atoms with van der Waals surface area (Å²) in [7, 11) is 0. The van der Waals surface area contributed by atoms with Gasteiger partial charge in [-0.15, -0.1) is 11.3 Å². The first kappa shape index (κ1) is 16.4. The molecule has 0 N–H and O–H groups in total. The molecule has 3 heterocycles. The number of aryl methyl sites for hydroxylation is 3. The molecule has 3 aromatic heterocycles. The van der Waals surface area contributed by atoms with Gasteiger partial charge in [-0.1, -0.05) is 19.1 Å². The van der Waals surface area contributed by atoms with Crippen molar-refractivity contribution in [3.05, 3.63) is 72.9 Å². The molecule has 27 heavy (non-hydrogen) atoms. The third-order valence-electron chi connectivity index (χ3n) is 5.34. The molecule has 0 spiro atoms. The number of hydrogen-bond donors (Lipinski definition) is 0. The van der Waals surface area contributed by atoms with Gasteiger partial charge in [0.25, 0.3) is 5.56 Å². The molecule has 0 unspecified atom stereocenters. The smallest absolute Gasteiger partial charge is 0.336 e. The largest absolute Gasteiger partial charge is 0.423 e. The molecule has 4 aromatic rings. The highest BCUT2D eigenvalue weighted by Gasteiger charge is 2.21. The van der Waals surface area contributed by atoms with Crippen LogP contribution >= 0.6 is 11.3 Å². The summed E-state index contributed by atoms with van der Waals surface area (Å²) in [5, 5.41) is 1.62. The quantitative estimate of drug-likeness (QED) is 0.510. The second kappa shape index (κ2) is 6.16. The molecule has 6 heteroatoms. The van der Waals surface area contributed by atoms with Crippen molar-refractivity contribution in [3.8, 4) is 0 Å². The van der Waals surface area contributed by atoms with E-state index in [1.807, 2.05) is 18.2 Å². The van der Waals surface area contributed by atoms with Crippen LogP contribution in [0.25, 0.3) is 21.2 Å². The molecule has 136 valence electrons. The minimum Gasteiger partial charge on any atom is -0.423 e. The maximum Gasteiger partial charge on any atom is 0.336 e. The van der Waals surface area contributed by atoms with Crippen LogP contribution in [0, 0.1) is 0 Å². The van der Waals surface area contributed by atoms with E-state index in [0.717, 1.165) is 52.4 Å². The Hall–Kier alpha value is -2.73. The topological polar surface area (TPSA) is 65.1 Å². The van der Waals surface area contributed by atoms with Crippen LogP contribution < -0.4 is 11.2 Å². The molecule has 5 rings (SSSR count). The SMILES string of the molecule is CCc1ccc2c(Cn3cnc4sc5c(c4c3=O)CCC5)cc(=O)oc2c1. The molecule has 5 nitrogen and oxygen atoms in total. The zero-order valence-electron chi connectivity index (χ0n) is 14.9. The molecule has 0 bridgehead atoms. The molecule has 0 aliphatic heterocycles. The number of aromatic nitrogens is 2. The van der Waals surface area contributed by atoms with Gasteiger partial charge in [0.2, 0.25) is 0 Å². The lowest BCUT2D eigenvalue weighted by Crippen LogP contribution is -2.22. The van der Waals surface area contributed by atoms with Crippen molar-refractivity contribution in [1.29, 1.82) is 0 Å². The van der Waals surface area contributed by atoms with Gasteiger partial charge in [0.1, 0.15) is 10.4 Å². The van der Waals surface area contributed by atoms with E-state index in [4.69, 9.17) is 4.42 Å². The van der Waals surface area contributed by atoms with E-state index in [9.17, 15) is 9.59 Å². The number of fused-ring (bicyclic) bond motifs is 4. The Bertz CT molecular complexity index is 1310. The zero-order chi connectivity index (χ0) is 18.5. The summed E-state index contributed by atoms with van der Waals surface area (Å²) < 4.78 is 6.98. The van der Waals surface area contributed by atoms with Gasteiger partial charge in [-0.25, -0.2) is 9.78 Å². The lowest BCUT2D eigenvalue weighted by Gasteiger charge is -2.09. The van der Waals surface area contributed by atoms with Gasteiger partial charge in [0.05, 0.1) is 18.3 Å². The minimum atomic E-state index is -0.399. The number of benzene rings is 1. The van der Waals surface area contributed by atoms with Gasteiger partial charge in [0.15, 0.2) is 0 Å². The molecular formula is C21H18N2O3S. The van der Waals surface area contributed by atoms with Crippen LogP contribution in [0.4, 0.5) is 0 Å². The fraction of sp³-hybridized carbons (Fsp3) is 0.286. The molecular weight excluding hydrogens is 360 g/mol. The summed E-state index contributed by atoms with van der Waals surface area (Å²) in [5.74, 6) is 0. The molecule has 1 aliphatic rings. The van der Waals surface area contributed by atoms with Gasteiger partial charge in [-0.05, 0) is 48.4 Å². The maximum absolute atomic E-state index is 13.1. The average molecular weight is 378 g/mol. The molecule has 0 saturated heterocycles. The Morgan fingerprint density at radius 1 is 1.22 bits per heavy atom. The Labute approximate surface area is 158 Å². The highest BCUT2D eigenvalue weighted by Crippen LogP contribution is 2.34. The zero-order valence-corrected chi connectivity index (χ0v) is 15.8. The van der Waals surface area contributed by atoms with E-state index < -0.39 is 5.63 Å². The second-order valence-corrected chi connectivity index (χ2v) is 8.07. The van der Waals surface area contributed by atoms with Crippen molar-refractivity contribution in [2.75, 3.05) is 0 Å². The van der Waals surface area contributed by atoms with E-state index in [1.54, 1.807) is 22.2 Å². The van der Waals surface area contributed by atoms with Crippen molar-refractivity contribution >= 4 is 32.5 Å². The summed E-state index contributed by atoms with van der Waals surface area (Å²) in [6.45, 7) is 2.36. The van der Waals surface area contributed by atoms with Crippen molar-refractivity contribution in [1.82, 2.24) is 9.55 Å². The number of hydrogen-bond acceptors (Lipinski definition) is 5. The van der Waals surface area contributed by atoms with Crippen LogP contribution in [-0.4, -0.2) is 9.55 Å². The lowest BCUT2D eigenvalue weighted by molar-refractivity contribution is 0.557. The van der Waals surface area contributed by atoms with Crippen LogP contribution in [0.3, 0.4) is 0 Å². The predicted molar refractivity (Wildman–Crippen MR) is 107 cm³/mol. The fourth-order valence-electron chi connectivity index (χ4n) is 3.94. The molecule has 1 aliphatic carbocycles. The van der Waals surface area contributed by atoms with Gasteiger partial charge in [-0.2, -0.15) is 0 Å². The highest BCUT2D eigenvalue weighted by molar-refractivity contribution is 7.18. The lowest BCUT2D eigenvalue weighted by atomic mass is 10.1. The highest BCUT2D eigenvalue weighted by atomic mass is 32.1. The predicted octanol–water partition coefficient (Wildman–Crippen LogP) is 3.66. The third-order valence-corrected chi connectivity index (χ3v) is 6.54. The van der Waals surface area contributed by atoms with Crippen LogP contribution in [0.15, 0.2) is 44.6 Å². The van der Waals surface area contributed by atoms with Gasteiger partial charge in [-0.3, -0.25) is 9.36 Å². The van der Waals surface area contributed by atoms with E-state index in [-0.39, 0.29) is 5.56 Å². The number of nitrogens with zero attached hydrogens (tertiary/aromatic N) is 2. The normalized spacial score (nSPS) is 13.5. The molecule has 0 radical (unpaired) electrons. The van der Waals surface area contributed by atoms with Crippen LogP contribution in [0.2, 0.25) is 0 Å². The molecule has 0 fully saturated rings. The first-order chi connectivity index (χ1) is 13.1. The molecule has 0 saturated carbocycles. The Balaban J connectivity index is 1.66. The first-order valence-corrected chi connectivity index (χ1v) is 10.0. The van der Waals surface area contributed by atoms with Gasteiger partial charge < -0.3 is 4.42 Å². The van der Waals surface area contributed by atoms with Gasteiger partial charge in [0, 0.05) is 16.3 Å². The van der Waals surface area contributed by atoms with Crippen molar-refractivity contribution in [2.45, 2.75) is 39.2 Å². The number of rotatable bonds is 3. The summed E-state index contributed by atoms with van der Waals surface area (Å²) in [6, 6.07) is 7.37. The van der Waals surface area contributed by atoms with Crippen molar-refractivity contribution in [3.63, 3.8) is 0 Å². The Morgan fingerprint density at radius 3 is 2.96 bits per heavy atom. The van der Waals surface area contributed by atoms with Gasteiger partial charge >= 0.3 is 5.63 Å². The van der Waals surface area contributed by atoms with E-state index >= 15 is 0 Å². The first-order valence-electron chi connectivity index (χ1n) is 9.19. The molecule has 0 atom stereocenters. The van der Waals surface area contributed by atoms with Crippen LogP contribution in [-0.2, 0) is 25.8 Å². The van der Waals surface area contributed by atoms with E-state index in [2.05, 4.69) is 11.9 Å². The van der Waals surface area contributed by atoms with E-state index in [0.29, 0.717) is 12.1 Å². The standard InChI is InChI=1S/C21H18N2O3S/c1-2-12-6-7-14-13(9-18(24)26-16(14)8-12)10-23-11-22-20-19(21(23)25)15-4-3-5-17(15)27-20/h6-9,11H,2-5,10H2,1H3. The summed E-state index contributed by atoms with van der Waals surface area (Å²) >= 11 is 1.64. The molecule has 0 amide bonds. The Kier molecular flexibility index (Phi) is 3.75. The van der Waals surface area contributed by atoms with Crippen molar-refractivity contribution < 1.29 is 4.42 Å². The molecule has 1 aromatic carbocycles. The summed E-state index contributed by atoms with van der Waals surface area (Å²) in [6.07, 6.45) is 5.56. The average Bonchev–Trinajstić information content (AvgIpc) is 3.24. The number of thiophene rings is 1. The third kappa shape index (κ3) is 2.63.